The number of amides is 2. The van der Waals surface area contributed by atoms with Gasteiger partial charge in [-0.2, -0.15) is 0 Å². The third kappa shape index (κ3) is 5.59. The van der Waals surface area contributed by atoms with Crippen LogP contribution in [0.5, 0.6) is 5.75 Å². The fourth-order valence-corrected chi connectivity index (χ4v) is 4.54. The van der Waals surface area contributed by atoms with Gasteiger partial charge in [-0.1, -0.05) is 18.2 Å². The standard InChI is InChI=1S/C26H33N3O4/c1-26(2,3)33-25(31)29-12-10-19(22(11-13-29)17-4-7-20(27)8-5-17)16-32-21-9-6-18-15-28-24(30)23(18)14-21/h4-9,14,19,22H,10-13,15-16,27H2,1-3H3,(H,28,30)/t19-,22-/m0/s1. The number of nitrogens with two attached hydrogens (primary N) is 1. The number of ether oxygens (including phenoxy) is 2. The topological polar surface area (TPSA) is 93.9 Å². The summed E-state index contributed by atoms with van der Waals surface area (Å²) >= 11 is 0. The van der Waals surface area contributed by atoms with Crippen molar-refractivity contribution in [1.82, 2.24) is 10.2 Å². The van der Waals surface area contributed by atoms with Gasteiger partial charge in [0.1, 0.15) is 11.4 Å². The van der Waals surface area contributed by atoms with E-state index in [4.69, 9.17) is 15.2 Å². The van der Waals surface area contributed by atoms with Crippen molar-refractivity contribution in [2.75, 3.05) is 25.4 Å². The Hall–Kier alpha value is -3.22. The monoisotopic (exact) mass is 451 g/mol. The van der Waals surface area contributed by atoms with E-state index in [-0.39, 0.29) is 23.8 Å². The molecule has 0 unspecified atom stereocenters. The summed E-state index contributed by atoms with van der Waals surface area (Å²) in [7, 11) is 0. The third-order valence-corrected chi connectivity index (χ3v) is 6.29. The van der Waals surface area contributed by atoms with E-state index >= 15 is 0 Å². The number of nitrogens with zero attached hydrogens (tertiary/aromatic N) is 1. The Bertz CT molecular complexity index is 1010. The lowest BCUT2D eigenvalue weighted by Gasteiger charge is -2.26. The molecule has 2 aromatic carbocycles. The highest BCUT2D eigenvalue weighted by molar-refractivity contribution is 5.98. The van der Waals surface area contributed by atoms with E-state index < -0.39 is 5.60 Å². The molecule has 33 heavy (non-hydrogen) atoms. The van der Waals surface area contributed by atoms with E-state index in [2.05, 4.69) is 17.4 Å². The number of carbonyl (C=O) groups is 2. The van der Waals surface area contributed by atoms with Crippen molar-refractivity contribution in [3.8, 4) is 5.75 Å². The van der Waals surface area contributed by atoms with E-state index in [0.29, 0.717) is 37.6 Å². The van der Waals surface area contributed by atoms with Gasteiger partial charge in [-0.15, -0.1) is 0 Å². The fourth-order valence-electron chi connectivity index (χ4n) is 4.54. The first-order chi connectivity index (χ1) is 15.7. The average molecular weight is 452 g/mol. The van der Waals surface area contributed by atoms with Crippen LogP contribution in [-0.2, 0) is 11.3 Å². The molecule has 0 aliphatic carbocycles. The molecular formula is C26H33N3O4. The number of anilines is 1. The summed E-state index contributed by atoms with van der Waals surface area (Å²) < 4.78 is 11.8. The molecule has 0 aromatic heterocycles. The molecule has 2 amide bonds. The van der Waals surface area contributed by atoms with E-state index in [9.17, 15) is 9.59 Å². The third-order valence-electron chi connectivity index (χ3n) is 6.29. The molecule has 176 valence electrons. The fraction of sp³-hybridized carbons (Fsp3) is 0.462. The van der Waals surface area contributed by atoms with Crippen molar-refractivity contribution in [1.29, 1.82) is 0 Å². The molecule has 0 saturated carbocycles. The van der Waals surface area contributed by atoms with Crippen LogP contribution in [-0.4, -0.2) is 42.2 Å². The molecule has 3 N–H and O–H groups in total. The van der Waals surface area contributed by atoms with Crippen LogP contribution >= 0.6 is 0 Å². The SMILES string of the molecule is CC(C)(C)OC(=O)N1CC[C@@H](COc2ccc3c(c2)C(=O)NC3)[C@H](c2ccc(N)cc2)CC1. The highest BCUT2D eigenvalue weighted by atomic mass is 16.6. The molecule has 7 heteroatoms. The molecule has 2 atom stereocenters. The molecular weight excluding hydrogens is 418 g/mol. The first-order valence-corrected chi connectivity index (χ1v) is 11.6. The first kappa shape index (κ1) is 23.0. The summed E-state index contributed by atoms with van der Waals surface area (Å²) in [6, 6.07) is 13.6. The van der Waals surface area contributed by atoms with Gasteiger partial charge in [0, 0.05) is 36.8 Å². The quantitative estimate of drug-likeness (QED) is 0.675. The lowest BCUT2D eigenvalue weighted by atomic mass is 9.83. The summed E-state index contributed by atoms with van der Waals surface area (Å²) in [6.45, 7) is 7.95. The van der Waals surface area contributed by atoms with Gasteiger partial charge in [0.25, 0.3) is 5.91 Å². The van der Waals surface area contributed by atoms with E-state index in [1.165, 1.54) is 5.56 Å². The van der Waals surface area contributed by atoms with Crippen LogP contribution in [0.2, 0.25) is 0 Å². The highest BCUT2D eigenvalue weighted by Crippen LogP contribution is 2.35. The minimum absolute atomic E-state index is 0.0577. The Labute approximate surface area is 195 Å². The summed E-state index contributed by atoms with van der Waals surface area (Å²) in [5, 5.41) is 2.84. The maximum absolute atomic E-state index is 12.7. The van der Waals surface area contributed by atoms with Gasteiger partial charge < -0.3 is 25.4 Å². The van der Waals surface area contributed by atoms with Gasteiger partial charge in [0.15, 0.2) is 0 Å². The number of hydrogen-bond acceptors (Lipinski definition) is 5. The summed E-state index contributed by atoms with van der Waals surface area (Å²) in [5.74, 6) is 1.05. The van der Waals surface area contributed by atoms with Crippen LogP contribution in [0.4, 0.5) is 10.5 Å². The lowest BCUT2D eigenvalue weighted by molar-refractivity contribution is 0.0253. The second kappa shape index (κ2) is 9.33. The molecule has 0 bridgehead atoms. The molecule has 7 nitrogen and oxygen atoms in total. The van der Waals surface area contributed by atoms with Gasteiger partial charge in [0.2, 0.25) is 0 Å². The number of nitrogen functional groups attached to an aromatic ring is 1. The zero-order valence-corrected chi connectivity index (χ0v) is 19.6. The molecule has 2 aliphatic rings. The van der Waals surface area contributed by atoms with Crippen molar-refractivity contribution < 1.29 is 19.1 Å². The first-order valence-electron chi connectivity index (χ1n) is 11.6. The summed E-state index contributed by atoms with van der Waals surface area (Å²) in [4.78, 5) is 26.5. The van der Waals surface area contributed by atoms with Crippen molar-refractivity contribution >= 4 is 17.7 Å². The predicted molar refractivity (Wildman–Crippen MR) is 127 cm³/mol. The van der Waals surface area contributed by atoms with Crippen LogP contribution < -0.4 is 15.8 Å². The van der Waals surface area contributed by atoms with Crippen LogP contribution in [0.25, 0.3) is 0 Å². The van der Waals surface area contributed by atoms with Gasteiger partial charge in [-0.05, 0) is 74.9 Å². The molecule has 0 spiro atoms. The number of hydrogen-bond donors (Lipinski definition) is 2. The largest absolute Gasteiger partial charge is 0.493 e. The number of rotatable bonds is 4. The molecule has 4 rings (SSSR count). The number of nitrogens with one attached hydrogen (secondary N) is 1. The Kier molecular flexibility index (Phi) is 6.49. The molecule has 1 fully saturated rings. The number of fused-ring (bicyclic) bond motifs is 1. The van der Waals surface area contributed by atoms with Crippen molar-refractivity contribution in [2.24, 2.45) is 5.92 Å². The summed E-state index contributed by atoms with van der Waals surface area (Å²) in [6.07, 6.45) is 1.33. The average Bonchev–Trinajstić information content (AvgIpc) is 2.99. The normalized spacial score (nSPS) is 20.6. The van der Waals surface area contributed by atoms with Crippen molar-refractivity contribution in [2.45, 2.75) is 51.7 Å². The second-order valence-electron chi connectivity index (χ2n) is 9.89. The minimum atomic E-state index is -0.526. The Morgan fingerprint density at radius 2 is 1.85 bits per heavy atom. The zero-order chi connectivity index (χ0) is 23.6. The van der Waals surface area contributed by atoms with Crippen LogP contribution in [0.1, 0.15) is 61.0 Å². The zero-order valence-electron chi connectivity index (χ0n) is 19.6. The minimum Gasteiger partial charge on any atom is -0.493 e. The molecule has 2 aromatic rings. The molecule has 1 saturated heterocycles. The highest BCUT2D eigenvalue weighted by Gasteiger charge is 2.32. The smallest absolute Gasteiger partial charge is 0.410 e. The molecule has 2 aliphatic heterocycles. The van der Waals surface area contributed by atoms with Crippen LogP contribution in [0, 0.1) is 5.92 Å². The molecule has 0 radical (unpaired) electrons. The second-order valence-corrected chi connectivity index (χ2v) is 9.89. The predicted octanol–water partition coefficient (Wildman–Crippen LogP) is 4.32. The lowest BCUT2D eigenvalue weighted by Crippen LogP contribution is -2.37. The van der Waals surface area contributed by atoms with E-state index in [1.807, 2.05) is 51.1 Å². The van der Waals surface area contributed by atoms with Gasteiger partial charge in [-0.25, -0.2) is 4.79 Å². The Balaban J connectivity index is 1.50. The van der Waals surface area contributed by atoms with Crippen LogP contribution in [0.15, 0.2) is 42.5 Å². The number of carbonyl (C=O) groups excluding carboxylic acids is 2. The number of benzene rings is 2. The number of likely N-dealkylation sites (tertiary alicyclic amines) is 1. The van der Waals surface area contributed by atoms with Gasteiger partial charge in [0.05, 0.1) is 6.61 Å². The Morgan fingerprint density at radius 1 is 1.12 bits per heavy atom. The maximum Gasteiger partial charge on any atom is 0.410 e. The van der Waals surface area contributed by atoms with Crippen molar-refractivity contribution in [3.05, 3.63) is 59.2 Å². The van der Waals surface area contributed by atoms with Crippen LogP contribution in [0.3, 0.4) is 0 Å². The molecule has 2 heterocycles. The van der Waals surface area contributed by atoms with Gasteiger partial charge >= 0.3 is 6.09 Å². The van der Waals surface area contributed by atoms with Gasteiger partial charge in [-0.3, -0.25) is 4.79 Å². The van der Waals surface area contributed by atoms with E-state index in [0.717, 1.165) is 24.1 Å². The maximum atomic E-state index is 12.7. The Morgan fingerprint density at radius 3 is 2.58 bits per heavy atom. The summed E-state index contributed by atoms with van der Waals surface area (Å²) in [5.41, 5.74) is 8.98. The van der Waals surface area contributed by atoms with E-state index in [1.54, 1.807) is 4.90 Å². The van der Waals surface area contributed by atoms with Crippen molar-refractivity contribution in [3.63, 3.8) is 0 Å².